The van der Waals surface area contributed by atoms with Crippen LogP contribution in [0.2, 0.25) is 0 Å². The molecule has 3 rings (SSSR count). The zero-order valence-electron chi connectivity index (χ0n) is 17.5. The summed E-state index contributed by atoms with van der Waals surface area (Å²) in [6, 6.07) is 17.4. The molecule has 2 aromatic rings. The predicted molar refractivity (Wildman–Crippen MR) is 121 cm³/mol. The Kier molecular flexibility index (Phi) is 6.72. The van der Waals surface area contributed by atoms with Crippen LogP contribution >= 0.6 is 12.2 Å². The fourth-order valence-corrected chi connectivity index (χ4v) is 3.89. The first-order valence-electron chi connectivity index (χ1n) is 9.97. The van der Waals surface area contributed by atoms with E-state index in [1.807, 2.05) is 66.4 Å². The minimum absolute atomic E-state index is 0.0515. The van der Waals surface area contributed by atoms with Gasteiger partial charge in [-0.1, -0.05) is 48.1 Å². The van der Waals surface area contributed by atoms with Crippen molar-refractivity contribution in [3.63, 3.8) is 0 Å². The fraction of sp³-hybridized carbons (Fsp3) is 0.348. The number of nitrogens with zero attached hydrogens (tertiary/aromatic N) is 2. The minimum atomic E-state index is -1.74. The van der Waals surface area contributed by atoms with Crippen molar-refractivity contribution >= 4 is 40.5 Å². The summed E-state index contributed by atoms with van der Waals surface area (Å²) in [4.78, 5) is 30.3. The van der Waals surface area contributed by atoms with Crippen molar-refractivity contribution in [2.24, 2.45) is 5.41 Å². The molecule has 1 fully saturated rings. The Balaban J connectivity index is 2.14. The van der Waals surface area contributed by atoms with Crippen LogP contribution in [0.1, 0.15) is 19.4 Å². The molecule has 1 aliphatic rings. The maximum Gasteiger partial charge on any atom is 0.332 e. The lowest BCUT2D eigenvalue weighted by atomic mass is 9.84. The lowest BCUT2D eigenvalue weighted by molar-refractivity contribution is -0.165. The summed E-state index contributed by atoms with van der Waals surface area (Å²) in [5, 5.41) is 0. The van der Waals surface area contributed by atoms with Gasteiger partial charge in [0.05, 0.1) is 26.4 Å². The summed E-state index contributed by atoms with van der Waals surface area (Å²) >= 11 is 5.74. The molecule has 0 atom stereocenters. The van der Waals surface area contributed by atoms with E-state index in [4.69, 9.17) is 21.7 Å². The van der Waals surface area contributed by atoms with Crippen LogP contribution in [-0.4, -0.2) is 43.4 Å². The highest BCUT2D eigenvalue weighted by atomic mass is 32.1. The van der Waals surface area contributed by atoms with Gasteiger partial charge < -0.3 is 19.3 Å². The highest BCUT2D eigenvalue weighted by molar-refractivity contribution is 7.80. The number of hydrogen-bond acceptors (Lipinski definition) is 6. The highest BCUT2D eigenvalue weighted by Crippen LogP contribution is 2.36. The summed E-state index contributed by atoms with van der Waals surface area (Å²) in [7, 11) is 0. The van der Waals surface area contributed by atoms with Gasteiger partial charge in [0.15, 0.2) is 0 Å². The molecule has 0 unspecified atom stereocenters. The fourth-order valence-electron chi connectivity index (χ4n) is 3.50. The standard InChI is InChI=1S/C23H26N2O4S/c1-4-28-21(26)23(22(27)29-5-2)15-24(18-13-11-17(3)12-14-18)16-25(20(23)30)19-9-7-6-8-10-19/h6-14H,4-5,15-16H2,1-3H3. The number of carbonyl (C=O) groups excluding carboxylic acids is 2. The van der Waals surface area contributed by atoms with E-state index in [2.05, 4.69) is 0 Å². The maximum absolute atomic E-state index is 13.2. The number of para-hydroxylation sites is 1. The minimum Gasteiger partial charge on any atom is -0.465 e. The second-order valence-corrected chi connectivity index (χ2v) is 7.48. The number of rotatable bonds is 6. The van der Waals surface area contributed by atoms with E-state index in [0.29, 0.717) is 6.67 Å². The van der Waals surface area contributed by atoms with Crippen molar-refractivity contribution in [1.29, 1.82) is 0 Å². The Morgan fingerprint density at radius 3 is 2.03 bits per heavy atom. The average Bonchev–Trinajstić information content (AvgIpc) is 2.75. The zero-order chi connectivity index (χ0) is 21.7. The summed E-state index contributed by atoms with van der Waals surface area (Å²) in [5.41, 5.74) is 1.05. The van der Waals surface area contributed by atoms with Crippen molar-refractivity contribution in [2.45, 2.75) is 20.8 Å². The van der Waals surface area contributed by atoms with Crippen molar-refractivity contribution < 1.29 is 19.1 Å². The second-order valence-electron chi connectivity index (χ2n) is 7.09. The van der Waals surface area contributed by atoms with Gasteiger partial charge in [0.2, 0.25) is 5.41 Å². The summed E-state index contributed by atoms with van der Waals surface area (Å²) in [5.74, 6) is -1.38. The number of benzene rings is 2. The molecular formula is C23H26N2O4S. The van der Waals surface area contributed by atoms with E-state index in [1.165, 1.54) is 0 Å². The molecule has 1 aliphatic heterocycles. The van der Waals surface area contributed by atoms with E-state index >= 15 is 0 Å². The van der Waals surface area contributed by atoms with Crippen LogP contribution in [0, 0.1) is 12.3 Å². The number of hydrogen-bond donors (Lipinski definition) is 0. The summed E-state index contributed by atoms with van der Waals surface area (Å²) < 4.78 is 10.7. The molecule has 1 saturated heterocycles. The van der Waals surface area contributed by atoms with Gasteiger partial charge in [0, 0.05) is 11.4 Å². The molecule has 2 aromatic carbocycles. The molecule has 1 heterocycles. The first-order chi connectivity index (χ1) is 14.4. The van der Waals surface area contributed by atoms with Crippen LogP contribution in [0.5, 0.6) is 0 Å². The molecule has 0 aliphatic carbocycles. The SMILES string of the molecule is CCOC(=O)C1(C(=O)OCC)CN(c2ccc(C)cc2)CN(c2ccccc2)C1=S. The van der Waals surface area contributed by atoms with Crippen LogP contribution in [0.15, 0.2) is 54.6 Å². The van der Waals surface area contributed by atoms with Crippen LogP contribution in [-0.2, 0) is 19.1 Å². The number of esters is 2. The molecule has 6 nitrogen and oxygen atoms in total. The largest absolute Gasteiger partial charge is 0.465 e. The van der Waals surface area contributed by atoms with E-state index in [1.54, 1.807) is 18.7 Å². The Labute approximate surface area is 182 Å². The number of thiocarbonyl (C=S) groups is 1. The van der Waals surface area contributed by atoms with E-state index < -0.39 is 17.4 Å². The molecule has 0 saturated carbocycles. The molecule has 0 aromatic heterocycles. The molecule has 0 spiro atoms. The van der Waals surface area contributed by atoms with Crippen molar-refractivity contribution in [2.75, 3.05) is 36.2 Å². The first-order valence-corrected chi connectivity index (χ1v) is 10.4. The molecule has 30 heavy (non-hydrogen) atoms. The quantitative estimate of drug-likeness (QED) is 0.396. The molecule has 0 amide bonds. The Hall–Kier alpha value is -2.93. The predicted octanol–water partition coefficient (Wildman–Crippen LogP) is 3.72. The monoisotopic (exact) mass is 426 g/mol. The molecule has 0 bridgehead atoms. The number of aryl methyl sites for hydroxylation is 1. The van der Waals surface area contributed by atoms with Crippen molar-refractivity contribution in [3.05, 3.63) is 60.2 Å². The number of anilines is 2. The number of ether oxygens (including phenoxy) is 2. The third kappa shape index (κ3) is 4.03. The van der Waals surface area contributed by atoms with Gasteiger partial charge in [-0.15, -0.1) is 0 Å². The molecule has 0 N–H and O–H groups in total. The third-order valence-electron chi connectivity index (χ3n) is 5.07. The lowest BCUT2D eigenvalue weighted by Gasteiger charge is -2.46. The van der Waals surface area contributed by atoms with Crippen molar-refractivity contribution in [1.82, 2.24) is 0 Å². The third-order valence-corrected chi connectivity index (χ3v) is 5.63. The van der Waals surface area contributed by atoms with E-state index in [9.17, 15) is 9.59 Å². The summed E-state index contributed by atoms with van der Waals surface area (Å²) in [6.07, 6.45) is 0. The molecule has 158 valence electrons. The molecular weight excluding hydrogens is 400 g/mol. The Morgan fingerprint density at radius 1 is 0.933 bits per heavy atom. The zero-order valence-corrected chi connectivity index (χ0v) is 18.3. The second kappa shape index (κ2) is 9.26. The number of carbonyl (C=O) groups is 2. The van der Waals surface area contributed by atoms with Gasteiger partial charge in [-0.25, -0.2) is 0 Å². The lowest BCUT2D eigenvalue weighted by Crippen LogP contribution is -2.66. The normalized spacial score (nSPS) is 15.6. The van der Waals surface area contributed by atoms with Crippen LogP contribution in [0.3, 0.4) is 0 Å². The van der Waals surface area contributed by atoms with Crippen LogP contribution < -0.4 is 9.80 Å². The van der Waals surface area contributed by atoms with Gasteiger partial charge in [-0.2, -0.15) is 0 Å². The van der Waals surface area contributed by atoms with Crippen LogP contribution in [0.4, 0.5) is 11.4 Å². The Morgan fingerprint density at radius 2 is 1.50 bits per heavy atom. The van der Waals surface area contributed by atoms with Gasteiger partial charge in [-0.3, -0.25) is 9.59 Å². The summed E-state index contributed by atoms with van der Waals surface area (Å²) in [6.45, 7) is 6.14. The smallest absolute Gasteiger partial charge is 0.332 e. The van der Waals surface area contributed by atoms with Gasteiger partial charge in [0.1, 0.15) is 4.99 Å². The van der Waals surface area contributed by atoms with E-state index in [-0.39, 0.29) is 24.7 Å². The highest BCUT2D eigenvalue weighted by Gasteiger charge is 2.58. The Bertz CT molecular complexity index is 897. The van der Waals surface area contributed by atoms with Crippen LogP contribution in [0.25, 0.3) is 0 Å². The average molecular weight is 427 g/mol. The first kappa shape index (κ1) is 21.8. The van der Waals surface area contributed by atoms with Gasteiger partial charge >= 0.3 is 11.9 Å². The molecule has 0 radical (unpaired) electrons. The van der Waals surface area contributed by atoms with Crippen molar-refractivity contribution in [3.8, 4) is 0 Å². The van der Waals surface area contributed by atoms with E-state index in [0.717, 1.165) is 16.9 Å². The molecule has 7 heteroatoms. The topological polar surface area (TPSA) is 59.1 Å². The van der Waals surface area contributed by atoms with Gasteiger partial charge in [-0.05, 0) is 45.0 Å². The maximum atomic E-state index is 13.2. The van der Waals surface area contributed by atoms with Gasteiger partial charge in [0.25, 0.3) is 0 Å².